The van der Waals surface area contributed by atoms with E-state index in [9.17, 15) is 4.79 Å². The summed E-state index contributed by atoms with van der Waals surface area (Å²) in [4.78, 5) is 18.5. The van der Waals surface area contributed by atoms with E-state index in [1.54, 1.807) is 12.3 Å². The molecule has 0 spiro atoms. The molecule has 5 heteroatoms. The van der Waals surface area contributed by atoms with Crippen molar-refractivity contribution in [1.29, 1.82) is 0 Å². The molecule has 5 nitrogen and oxygen atoms in total. The summed E-state index contributed by atoms with van der Waals surface area (Å²) in [6, 6.07) is 2.01. The summed E-state index contributed by atoms with van der Waals surface area (Å²) in [5, 5.41) is 8.96. The molecule has 19 heavy (non-hydrogen) atoms. The number of aryl methyl sites for hydroxylation is 1. The molecular weight excluding hydrogens is 242 g/mol. The van der Waals surface area contributed by atoms with Crippen molar-refractivity contribution >= 4 is 11.6 Å². The number of aliphatic hydroxyl groups excluding tert-OH is 1. The Balaban J connectivity index is 2.17. The Labute approximate surface area is 113 Å². The lowest BCUT2D eigenvalue weighted by atomic mass is 9.90. The van der Waals surface area contributed by atoms with Crippen LogP contribution in [-0.2, 0) is 0 Å². The van der Waals surface area contributed by atoms with Gasteiger partial charge in [0.2, 0.25) is 0 Å². The third-order valence-electron chi connectivity index (χ3n) is 3.64. The van der Waals surface area contributed by atoms with Crippen molar-refractivity contribution in [1.82, 2.24) is 9.88 Å². The number of amides is 1. The fraction of sp³-hybridized carbons (Fsp3) is 0.571. The average Bonchev–Trinajstić information content (AvgIpc) is 2.31. The number of nitrogens with zero attached hydrogens (tertiary/aromatic N) is 2. The number of nitrogen functional groups attached to an aromatic ring is 1. The van der Waals surface area contributed by atoms with Gasteiger partial charge >= 0.3 is 0 Å². The Hall–Kier alpha value is -1.62. The van der Waals surface area contributed by atoms with Gasteiger partial charge in [0.15, 0.2) is 0 Å². The van der Waals surface area contributed by atoms with E-state index in [-0.39, 0.29) is 12.5 Å². The normalized spacial score (nSPS) is 15.1. The second kappa shape index (κ2) is 6.02. The van der Waals surface area contributed by atoms with Crippen molar-refractivity contribution in [2.45, 2.75) is 38.6 Å². The maximum Gasteiger partial charge on any atom is 0.257 e. The number of nitrogens with two attached hydrogens (primary N) is 1. The van der Waals surface area contributed by atoms with Crippen LogP contribution in [-0.4, -0.2) is 40.1 Å². The van der Waals surface area contributed by atoms with Gasteiger partial charge in [0.05, 0.1) is 5.56 Å². The molecule has 0 unspecified atom stereocenters. The van der Waals surface area contributed by atoms with Crippen molar-refractivity contribution in [2.75, 3.05) is 18.9 Å². The monoisotopic (exact) mass is 263 g/mol. The average molecular weight is 263 g/mol. The molecule has 1 aliphatic rings. The predicted octanol–water partition coefficient (Wildman–Crippen LogP) is 1.35. The molecule has 0 atom stereocenters. The molecule has 0 bridgehead atoms. The van der Waals surface area contributed by atoms with Crippen LogP contribution >= 0.6 is 0 Å². The molecule has 3 N–H and O–H groups in total. The van der Waals surface area contributed by atoms with Crippen LogP contribution in [0.3, 0.4) is 0 Å². The van der Waals surface area contributed by atoms with Crippen LogP contribution in [0.1, 0.15) is 41.7 Å². The minimum atomic E-state index is -0.0665. The summed E-state index contributed by atoms with van der Waals surface area (Å²) in [6.07, 6.45) is 5.39. The third kappa shape index (κ3) is 3.04. The van der Waals surface area contributed by atoms with Crippen LogP contribution in [0.4, 0.5) is 5.69 Å². The number of hydrogen-bond acceptors (Lipinski definition) is 4. The molecule has 0 radical (unpaired) electrons. The van der Waals surface area contributed by atoms with Crippen LogP contribution in [0, 0.1) is 6.92 Å². The summed E-state index contributed by atoms with van der Waals surface area (Å²) in [5.74, 6) is -0.0665. The highest BCUT2D eigenvalue weighted by Crippen LogP contribution is 2.27. The number of aliphatic hydroxyl groups is 1. The number of hydrogen-bond donors (Lipinski definition) is 2. The lowest BCUT2D eigenvalue weighted by molar-refractivity contribution is 0.0563. The Morgan fingerprint density at radius 2 is 2.32 bits per heavy atom. The predicted molar refractivity (Wildman–Crippen MR) is 73.8 cm³/mol. The van der Waals surface area contributed by atoms with Crippen LogP contribution in [0.2, 0.25) is 0 Å². The number of aromatic nitrogens is 1. The minimum absolute atomic E-state index is 0.0665. The van der Waals surface area contributed by atoms with E-state index in [1.807, 2.05) is 11.8 Å². The van der Waals surface area contributed by atoms with Crippen LogP contribution in [0.5, 0.6) is 0 Å². The van der Waals surface area contributed by atoms with E-state index >= 15 is 0 Å². The molecule has 104 valence electrons. The molecule has 1 aromatic rings. The summed E-state index contributed by atoms with van der Waals surface area (Å²) in [5.41, 5.74) is 7.66. The Kier molecular flexibility index (Phi) is 4.37. The Morgan fingerprint density at radius 3 is 2.84 bits per heavy atom. The first-order valence-corrected chi connectivity index (χ1v) is 6.77. The smallest absolute Gasteiger partial charge is 0.257 e. The van der Waals surface area contributed by atoms with Crippen molar-refractivity contribution in [3.8, 4) is 0 Å². The highest BCUT2D eigenvalue weighted by atomic mass is 16.3. The SMILES string of the molecule is Cc1cc(N)c(C(=O)N(CCCO)C2CCC2)cn1. The molecule has 0 aliphatic heterocycles. The fourth-order valence-electron chi connectivity index (χ4n) is 2.30. The first kappa shape index (κ1) is 13.8. The topological polar surface area (TPSA) is 79.5 Å². The molecule has 1 saturated carbocycles. The van der Waals surface area contributed by atoms with Crippen molar-refractivity contribution in [3.05, 3.63) is 23.5 Å². The van der Waals surface area contributed by atoms with E-state index in [1.165, 1.54) is 0 Å². The number of carbonyl (C=O) groups excluding carboxylic acids is 1. The highest BCUT2D eigenvalue weighted by molar-refractivity contribution is 5.99. The summed E-state index contributed by atoms with van der Waals surface area (Å²) < 4.78 is 0. The van der Waals surface area contributed by atoms with Crippen LogP contribution in [0.15, 0.2) is 12.3 Å². The van der Waals surface area contributed by atoms with Gasteiger partial charge in [-0.2, -0.15) is 0 Å². The van der Waals surface area contributed by atoms with E-state index in [2.05, 4.69) is 4.98 Å². The standard InChI is InChI=1S/C14H21N3O2/c1-10-8-13(15)12(9-16-10)14(19)17(6-3-7-18)11-4-2-5-11/h8-9,11,18H,2-7H2,1H3,(H2,15,16). The zero-order valence-electron chi connectivity index (χ0n) is 11.3. The number of anilines is 1. The summed E-state index contributed by atoms with van der Waals surface area (Å²) in [6.45, 7) is 2.52. The maximum absolute atomic E-state index is 12.5. The molecule has 1 fully saturated rings. The number of carbonyl (C=O) groups is 1. The Morgan fingerprint density at radius 1 is 1.58 bits per heavy atom. The molecule has 0 saturated heterocycles. The lowest BCUT2D eigenvalue weighted by Gasteiger charge is -2.37. The first-order chi connectivity index (χ1) is 9.13. The lowest BCUT2D eigenvalue weighted by Crippen LogP contribution is -2.45. The second-order valence-electron chi connectivity index (χ2n) is 5.07. The quantitative estimate of drug-likeness (QED) is 0.840. The Bertz CT molecular complexity index is 458. The minimum Gasteiger partial charge on any atom is -0.398 e. The van der Waals surface area contributed by atoms with Gasteiger partial charge in [-0.3, -0.25) is 9.78 Å². The summed E-state index contributed by atoms with van der Waals surface area (Å²) >= 11 is 0. The fourth-order valence-corrected chi connectivity index (χ4v) is 2.30. The second-order valence-corrected chi connectivity index (χ2v) is 5.07. The molecule has 1 heterocycles. The van der Waals surface area contributed by atoms with E-state index in [4.69, 9.17) is 10.8 Å². The van der Waals surface area contributed by atoms with Crippen molar-refractivity contribution in [2.24, 2.45) is 0 Å². The van der Waals surface area contributed by atoms with E-state index in [0.717, 1.165) is 25.0 Å². The van der Waals surface area contributed by atoms with Crippen molar-refractivity contribution < 1.29 is 9.90 Å². The highest BCUT2D eigenvalue weighted by Gasteiger charge is 2.29. The largest absolute Gasteiger partial charge is 0.398 e. The number of rotatable bonds is 5. The maximum atomic E-state index is 12.5. The zero-order valence-corrected chi connectivity index (χ0v) is 11.3. The van der Waals surface area contributed by atoms with Gasteiger partial charge in [-0.25, -0.2) is 0 Å². The van der Waals surface area contributed by atoms with Gasteiger partial charge in [-0.1, -0.05) is 0 Å². The zero-order chi connectivity index (χ0) is 13.8. The van der Waals surface area contributed by atoms with Gasteiger partial charge in [-0.15, -0.1) is 0 Å². The molecule has 0 aromatic carbocycles. The van der Waals surface area contributed by atoms with Gasteiger partial charge < -0.3 is 15.7 Å². The summed E-state index contributed by atoms with van der Waals surface area (Å²) in [7, 11) is 0. The van der Waals surface area contributed by atoms with Gasteiger partial charge in [0.1, 0.15) is 0 Å². The first-order valence-electron chi connectivity index (χ1n) is 6.77. The van der Waals surface area contributed by atoms with Crippen LogP contribution in [0.25, 0.3) is 0 Å². The van der Waals surface area contributed by atoms with Crippen LogP contribution < -0.4 is 5.73 Å². The van der Waals surface area contributed by atoms with Gasteiger partial charge in [0, 0.05) is 36.8 Å². The molecule has 1 aliphatic carbocycles. The molecule has 1 aromatic heterocycles. The molecule has 2 rings (SSSR count). The van der Waals surface area contributed by atoms with Gasteiger partial charge in [0.25, 0.3) is 5.91 Å². The third-order valence-corrected chi connectivity index (χ3v) is 3.64. The molecule has 1 amide bonds. The number of pyridine rings is 1. The van der Waals surface area contributed by atoms with E-state index < -0.39 is 0 Å². The molecular formula is C14H21N3O2. The van der Waals surface area contributed by atoms with Crippen molar-refractivity contribution in [3.63, 3.8) is 0 Å². The van der Waals surface area contributed by atoms with Gasteiger partial charge in [-0.05, 0) is 38.7 Å². The van der Waals surface area contributed by atoms with E-state index in [0.29, 0.717) is 30.3 Å².